The number of anilines is 1. The van der Waals surface area contributed by atoms with Gasteiger partial charge in [0.2, 0.25) is 0 Å². The second-order valence-electron chi connectivity index (χ2n) is 7.20. The predicted octanol–water partition coefficient (Wildman–Crippen LogP) is 3.58. The monoisotopic (exact) mass is 446 g/mol. The first-order valence-electron chi connectivity index (χ1n) is 10.0. The maximum absolute atomic E-state index is 12.6. The van der Waals surface area contributed by atoms with Crippen LogP contribution in [0.25, 0.3) is 0 Å². The number of carbonyl (C=O) groups is 3. The van der Waals surface area contributed by atoms with Crippen molar-refractivity contribution in [1.82, 2.24) is 4.90 Å². The smallest absolute Gasteiger partial charge is 0.338 e. The summed E-state index contributed by atoms with van der Waals surface area (Å²) in [4.78, 5) is 39.8. The summed E-state index contributed by atoms with van der Waals surface area (Å²) in [5.74, 6) is -0.704. The van der Waals surface area contributed by atoms with Crippen LogP contribution in [0.1, 0.15) is 46.2 Å². The molecule has 0 bridgehead atoms. The van der Waals surface area contributed by atoms with E-state index in [1.165, 1.54) is 37.7 Å². The number of methoxy groups -OCH3 is 2. The third-order valence-corrected chi connectivity index (χ3v) is 6.03. The van der Waals surface area contributed by atoms with Gasteiger partial charge in [-0.2, -0.15) is 0 Å². The van der Waals surface area contributed by atoms with E-state index in [9.17, 15) is 14.4 Å². The fourth-order valence-corrected chi connectivity index (χ4v) is 4.15. The number of esters is 1. The fourth-order valence-electron chi connectivity index (χ4n) is 3.53. The van der Waals surface area contributed by atoms with Crippen molar-refractivity contribution in [1.29, 1.82) is 0 Å². The van der Waals surface area contributed by atoms with E-state index in [0.29, 0.717) is 11.4 Å². The molecule has 1 atom stereocenters. The normalized spacial score (nSPS) is 15.8. The maximum atomic E-state index is 12.6. The number of hydrogen-bond acceptors (Lipinski definition) is 7. The molecule has 1 N–H and O–H groups in total. The zero-order valence-electron chi connectivity index (χ0n) is 17.8. The lowest BCUT2D eigenvalue weighted by Crippen LogP contribution is -2.44. The summed E-state index contributed by atoms with van der Waals surface area (Å²) in [5.41, 5.74) is 0.404. The number of benzene rings is 1. The van der Waals surface area contributed by atoms with Crippen molar-refractivity contribution in [3.63, 3.8) is 0 Å². The second-order valence-corrected chi connectivity index (χ2v) is 8.15. The molecule has 2 heterocycles. The Labute approximate surface area is 185 Å². The van der Waals surface area contributed by atoms with E-state index < -0.39 is 5.97 Å². The molecule has 31 heavy (non-hydrogen) atoms. The van der Waals surface area contributed by atoms with E-state index in [2.05, 4.69) is 5.32 Å². The molecule has 1 aromatic carbocycles. The lowest BCUT2D eigenvalue weighted by atomic mass is 10.0. The summed E-state index contributed by atoms with van der Waals surface area (Å²) >= 11 is 1.29. The minimum absolute atomic E-state index is 0.138. The van der Waals surface area contributed by atoms with E-state index in [0.717, 1.165) is 19.3 Å². The van der Waals surface area contributed by atoms with Crippen molar-refractivity contribution in [3.05, 3.63) is 40.1 Å². The second kappa shape index (κ2) is 10.3. The number of hydrogen-bond donors (Lipinski definition) is 1. The molecular formula is C22H26N2O6S. The van der Waals surface area contributed by atoms with Crippen LogP contribution in [0.2, 0.25) is 0 Å². The number of amides is 2. The average molecular weight is 447 g/mol. The van der Waals surface area contributed by atoms with Gasteiger partial charge in [0.15, 0.2) is 18.1 Å². The molecule has 8 nitrogen and oxygen atoms in total. The average Bonchev–Trinajstić information content (AvgIpc) is 3.32. The molecule has 0 aliphatic carbocycles. The van der Waals surface area contributed by atoms with Gasteiger partial charge >= 0.3 is 5.97 Å². The van der Waals surface area contributed by atoms with Crippen LogP contribution in [0.4, 0.5) is 5.69 Å². The third-order valence-electron chi connectivity index (χ3n) is 5.16. The Bertz CT molecular complexity index is 944. The van der Waals surface area contributed by atoms with Gasteiger partial charge in [-0.1, -0.05) is 6.07 Å². The molecule has 0 saturated carbocycles. The van der Waals surface area contributed by atoms with Crippen molar-refractivity contribution < 1.29 is 28.6 Å². The van der Waals surface area contributed by atoms with Crippen molar-refractivity contribution in [2.45, 2.75) is 32.2 Å². The van der Waals surface area contributed by atoms with Crippen LogP contribution in [0.5, 0.6) is 11.5 Å². The molecule has 9 heteroatoms. The zero-order valence-corrected chi connectivity index (χ0v) is 18.6. The fraction of sp³-hybridized carbons (Fsp3) is 0.409. The van der Waals surface area contributed by atoms with Gasteiger partial charge < -0.3 is 24.4 Å². The topological polar surface area (TPSA) is 94.2 Å². The number of rotatable bonds is 7. The van der Waals surface area contributed by atoms with Crippen LogP contribution in [-0.4, -0.2) is 56.1 Å². The molecule has 1 saturated heterocycles. The minimum atomic E-state index is -0.689. The summed E-state index contributed by atoms with van der Waals surface area (Å²) in [6.07, 6.45) is 2.99. The first-order valence-corrected chi connectivity index (χ1v) is 10.9. The lowest BCUT2D eigenvalue weighted by Gasteiger charge is -2.33. The summed E-state index contributed by atoms with van der Waals surface area (Å²) in [6.45, 7) is 2.33. The zero-order chi connectivity index (χ0) is 22.4. The number of thiophene rings is 1. The van der Waals surface area contributed by atoms with Crippen molar-refractivity contribution in [2.75, 3.05) is 32.7 Å². The van der Waals surface area contributed by atoms with E-state index in [4.69, 9.17) is 14.2 Å². The van der Waals surface area contributed by atoms with Crippen LogP contribution in [0, 0.1) is 0 Å². The standard InChI is InChI=1S/C22H26N2O6S/c1-14-7-4-5-9-24(14)19(25)13-30-22(27)15-11-16(20(29-3)17(12-15)28-2)23-21(26)18-8-6-10-31-18/h6,8,10-12,14H,4-5,7,9,13H2,1-3H3,(H,23,26)/t14-/m0/s1. The SMILES string of the molecule is COc1cc(C(=O)OCC(=O)N2CCCC[C@@H]2C)cc(NC(=O)c2cccs2)c1OC. The largest absolute Gasteiger partial charge is 0.493 e. The minimum Gasteiger partial charge on any atom is -0.493 e. The highest BCUT2D eigenvalue weighted by molar-refractivity contribution is 7.12. The van der Waals surface area contributed by atoms with E-state index >= 15 is 0 Å². The summed E-state index contributed by atoms with van der Waals surface area (Å²) in [5, 5.41) is 4.53. The molecule has 0 radical (unpaired) electrons. The van der Waals surface area contributed by atoms with Crippen LogP contribution in [0.15, 0.2) is 29.6 Å². The number of carbonyl (C=O) groups excluding carboxylic acids is 3. The van der Waals surface area contributed by atoms with Gasteiger partial charge in [-0.05, 0) is 49.8 Å². The molecule has 1 aliphatic rings. The highest BCUT2D eigenvalue weighted by atomic mass is 32.1. The van der Waals surface area contributed by atoms with Gasteiger partial charge in [0.1, 0.15) is 0 Å². The molecule has 166 valence electrons. The first-order chi connectivity index (χ1) is 14.9. The molecule has 1 fully saturated rings. The van der Waals surface area contributed by atoms with Crippen molar-refractivity contribution in [3.8, 4) is 11.5 Å². The highest BCUT2D eigenvalue weighted by Gasteiger charge is 2.25. The van der Waals surface area contributed by atoms with Crippen molar-refractivity contribution >= 4 is 34.8 Å². The number of piperidine rings is 1. The van der Waals surface area contributed by atoms with Gasteiger partial charge in [0.05, 0.1) is 30.3 Å². The Morgan fingerprint density at radius 1 is 1.19 bits per heavy atom. The summed E-state index contributed by atoms with van der Waals surface area (Å²) in [6, 6.07) is 6.50. The summed E-state index contributed by atoms with van der Waals surface area (Å²) < 4.78 is 15.9. The Hall–Kier alpha value is -3.07. The Kier molecular flexibility index (Phi) is 7.51. The molecular weight excluding hydrogens is 420 g/mol. The molecule has 1 aliphatic heterocycles. The summed E-state index contributed by atoms with van der Waals surface area (Å²) in [7, 11) is 2.87. The van der Waals surface area contributed by atoms with Crippen LogP contribution < -0.4 is 14.8 Å². The van der Waals surface area contributed by atoms with Gasteiger partial charge in [-0.3, -0.25) is 9.59 Å². The Morgan fingerprint density at radius 3 is 2.65 bits per heavy atom. The third kappa shape index (κ3) is 5.35. The van der Waals surface area contributed by atoms with E-state index in [1.54, 1.807) is 22.4 Å². The predicted molar refractivity (Wildman–Crippen MR) is 117 cm³/mol. The van der Waals surface area contributed by atoms with Gasteiger partial charge in [0, 0.05) is 12.6 Å². The van der Waals surface area contributed by atoms with E-state index in [1.807, 2.05) is 6.92 Å². The number of ether oxygens (including phenoxy) is 3. The molecule has 2 aromatic rings. The molecule has 0 spiro atoms. The number of likely N-dealkylation sites (tertiary alicyclic amines) is 1. The Morgan fingerprint density at radius 2 is 2.00 bits per heavy atom. The van der Waals surface area contributed by atoms with Gasteiger partial charge in [-0.25, -0.2) is 4.79 Å². The van der Waals surface area contributed by atoms with Gasteiger partial charge in [-0.15, -0.1) is 11.3 Å². The molecule has 2 amide bonds. The van der Waals surface area contributed by atoms with Crippen molar-refractivity contribution in [2.24, 2.45) is 0 Å². The highest BCUT2D eigenvalue weighted by Crippen LogP contribution is 2.37. The van der Waals surface area contributed by atoms with Crippen LogP contribution >= 0.6 is 11.3 Å². The number of nitrogens with one attached hydrogen (secondary N) is 1. The van der Waals surface area contributed by atoms with E-state index in [-0.39, 0.29) is 47.2 Å². The van der Waals surface area contributed by atoms with Gasteiger partial charge in [0.25, 0.3) is 11.8 Å². The lowest BCUT2D eigenvalue weighted by molar-refractivity contribution is -0.137. The molecule has 1 aromatic heterocycles. The maximum Gasteiger partial charge on any atom is 0.338 e. The van der Waals surface area contributed by atoms with Crippen LogP contribution in [-0.2, 0) is 9.53 Å². The van der Waals surface area contributed by atoms with Crippen LogP contribution in [0.3, 0.4) is 0 Å². The first kappa shape index (κ1) is 22.6. The molecule has 0 unspecified atom stereocenters. The molecule has 3 rings (SSSR count). The quantitative estimate of drug-likeness (QED) is 0.654. The Balaban J connectivity index is 1.75. The number of nitrogens with zero attached hydrogens (tertiary/aromatic N) is 1.